The monoisotopic (exact) mass is 293 g/mol. The van der Waals surface area contributed by atoms with Gasteiger partial charge < -0.3 is 5.32 Å². The van der Waals surface area contributed by atoms with E-state index >= 15 is 0 Å². The van der Waals surface area contributed by atoms with Gasteiger partial charge in [0.05, 0.1) is 23.1 Å². The highest BCUT2D eigenvalue weighted by Crippen LogP contribution is 2.21. The first-order valence-electron chi connectivity index (χ1n) is 6.23. The molecule has 1 heterocycles. The minimum absolute atomic E-state index is 0.0891. The lowest BCUT2D eigenvalue weighted by Crippen LogP contribution is -2.37. The van der Waals surface area contributed by atoms with E-state index in [1.54, 1.807) is 19.1 Å². The van der Waals surface area contributed by atoms with Crippen molar-refractivity contribution in [1.82, 2.24) is 9.62 Å². The van der Waals surface area contributed by atoms with Gasteiger partial charge in [0, 0.05) is 13.1 Å². The molecule has 1 aliphatic heterocycles. The number of nitriles is 1. The minimum atomic E-state index is -3.76. The summed E-state index contributed by atoms with van der Waals surface area (Å²) in [6, 6.07) is 6.46. The zero-order chi connectivity index (χ0) is 14.8. The number of hydrogen-bond donors (Lipinski definition) is 1. The van der Waals surface area contributed by atoms with Crippen molar-refractivity contribution in [3.8, 4) is 6.07 Å². The number of sulfonamides is 1. The number of hydrogen-bond acceptors (Lipinski definition) is 4. The summed E-state index contributed by atoms with van der Waals surface area (Å²) in [6.45, 7) is 2.25. The standard InChI is InChI=1S/C13H15N3O3S/c1-10-3-4-11(8-14)7-12(10)20(18,19)16-6-2-5-15-13(17)9-16/h3-4,7H,2,5-6,9H2,1H3,(H,15,17). The number of carbonyl (C=O) groups excluding carboxylic acids is 1. The van der Waals surface area contributed by atoms with E-state index in [2.05, 4.69) is 5.32 Å². The molecule has 0 saturated carbocycles. The lowest BCUT2D eigenvalue weighted by Gasteiger charge is -2.20. The lowest BCUT2D eigenvalue weighted by molar-refractivity contribution is -0.120. The summed E-state index contributed by atoms with van der Waals surface area (Å²) in [5.41, 5.74) is 0.849. The molecule has 0 spiro atoms. The molecule has 0 radical (unpaired) electrons. The van der Waals surface area contributed by atoms with Crippen LogP contribution in [-0.2, 0) is 14.8 Å². The summed E-state index contributed by atoms with van der Waals surface area (Å²) in [5, 5.41) is 11.5. The first-order valence-corrected chi connectivity index (χ1v) is 7.67. The van der Waals surface area contributed by atoms with Crippen molar-refractivity contribution < 1.29 is 13.2 Å². The summed E-state index contributed by atoms with van der Waals surface area (Å²) in [6.07, 6.45) is 0.571. The quantitative estimate of drug-likeness (QED) is 0.853. The van der Waals surface area contributed by atoms with Gasteiger partial charge in [-0.2, -0.15) is 9.57 Å². The summed E-state index contributed by atoms with van der Waals surface area (Å²) in [7, 11) is -3.76. The number of nitrogens with zero attached hydrogens (tertiary/aromatic N) is 2. The lowest BCUT2D eigenvalue weighted by atomic mass is 10.2. The molecule has 106 valence electrons. The number of rotatable bonds is 2. The molecule has 6 nitrogen and oxygen atoms in total. The largest absolute Gasteiger partial charge is 0.355 e. The molecule has 1 amide bonds. The maximum atomic E-state index is 12.6. The molecule has 0 unspecified atom stereocenters. The smallest absolute Gasteiger partial charge is 0.243 e. The van der Waals surface area contributed by atoms with E-state index in [1.165, 1.54) is 10.4 Å². The van der Waals surface area contributed by atoms with Crippen LogP contribution in [0.5, 0.6) is 0 Å². The van der Waals surface area contributed by atoms with Gasteiger partial charge in [0.1, 0.15) is 0 Å². The number of nitrogens with one attached hydrogen (secondary N) is 1. The van der Waals surface area contributed by atoms with Gasteiger partial charge >= 0.3 is 0 Å². The van der Waals surface area contributed by atoms with Gasteiger partial charge in [0.15, 0.2) is 0 Å². The third-order valence-electron chi connectivity index (χ3n) is 3.16. The van der Waals surface area contributed by atoms with Crippen LogP contribution < -0.4 is 5.32 Å². The first-order chi connectivity index (χ1) is 9.45. The van der Waals surface area contributed by atoms with E-state index in [4.69, 9.17) is 5.26 Å². The fourth-order valence-corrected chi connectivity index (χ4v) is 3.76. The molecule has 0 aromatic heterocycles. The summed E-state index contributed by atoms with van der Waals surface area (Å²) >= 11 is 0. The van der Waals surface area contributed by atoms with Gasteiger partial charge in [-0.3, -0.25) is 4.79 Å². The maximum Gasteiger partial charge on any atom is 0.243 e. The Morgan fingerprint density at radius 2 is 2.15 bits per heavy atom. The van der Waals surface area contributed by atoms with Crippen molar-refractivity contribution in [2.24, 2.45) is 0 Å². The highest BCUT2D eigenvalue weighted by atomic mass is 32.2. The molecule has 1 aliphatic rings. The van der Waals surface area contributed by atoms with Crippen molar-refractivity contribution in [2.45, 2.75) is 18.2 Å². The normalized spacial score (nSPS) is 17.1. The number of aryl methyl sites for hydroxylation is 1. The molecule has 0 atom stereocenters. The Bertz CT molecular complexity index is 677. The third kappa shape index (κ3) is 2.81. The van der Waals surface area contributed by atoms with E-state index in [1.807, 2.05) is 6.07 Å². The van der Waals surface area contributed by atoms with Crippen molar-refractivity contribution >= 4 is 15.9 Å². The van der Waals surface area contributed by atoms with Crippen LogP contribution in [0, 0.1) is 18.3 Å². The van der Waals surface area contributed by atoms with Crippen LogP contribution in [0.1, 0.15) is 17.5 Å². The SMILES string of the molecule is Cc1ccc(C#N)cc1S(=O)(=O)N1CCCNC(=O)C1. The first kappa shape index (κ1) is 14.5. The Balaban J connectivity index is 2.44. The highest BCUT2D eigenvalue weighted by Gasteiger charge is 2.29. The fourth-order valence-electron chi connectivity index (χ4n) is 2.07. The van der Waals surface area contributed by atoms with Gasteiger partial charge in [-0.25, -0.2) is 8.42 Å². The number of benzene rings is 1. The molecule has 0 bridgehead atoms. The molecular formula is C13H15N3O3S. The van der Waals surface area contributed by atoms with Crippen molar-refractivity contribution in [3.05, 3.63) is 29.3 Å². The minimum Gasteiger partial charge on any atom is -0.355 e. The van der Waals surface area contributed by atoms with Gasteiger partial charge in [0.2, 0.25) is 15.9 Å². The predicted octanol–water partition coefficient (Wildman–Crippen LogP) is 0.377. The molecule has 1 aromatic rings. The zero-order valence-corrected chi connectivity index (χ0v) is 11.9. The van der Waals surface area contributed by atoms with Crippen molar-refractivity contribution in [1.29, 1.82) is 5.26 Å². The van der Waals surface area contributed by atoms with Gasteiger partial charge in [-0.15, -0.1) is 0 Å². The summed E-state index contributed by atoms with van der Waals surface area (Å²) in [5.74, 6) is -0.305. The van der Waals surface area contributed by atoms with Crippen molar-refractivity contribution in [2.75, 3.05) is 19.6 Å². The Hall–Kier alpha value is -1.91. The molecule has 2 rings (SSSR count). The van der Waals surface area contributed by atoms with Crippen LogP contribution >= 0.6 is 0 Å². The van der Waals surface area contributed by atoms with Crippen LogP contribution in [-0.4, -0.2) is 38.3 Å². The average Bonchev–Trinajstić information content (AvgIpc) is 2.64. The van der Waals surface area contributed by atoms with E-state index in [0.717, 1.165) is 0 Å². The molecule has 7 heteroatoms. The topological polar surface area (TPSA) is 90.3 Å². The maximum absolute atomic E-state index is 12.6. The van der Waals surface area contributed by atoms with E-state index in [9.17, 15) is 13.2 Å². The number of amides is 1. The van der Waals surface area contributed by atoms with E-state index < -0.39 is 10.0 Å². The van der Waals surface area contributed by atoms with E-state index in [0.29, 0.717) is 18.5 Å². The molecule has 1 aromatic carbocycles. The molecular weight excluding hydrogens is 278 g/mol. The van der Waals surface area contributed by atoms with Gasteiger partial charge in [0.25, 0.3) is 0 Å². The van der Waals surface area contributed by atoms with Crippen LogP contribution in [0.4, 0.5) is 0 Å². The summed E-state index contributed by atoms with van der Waals surface area (Å²) < 4.78 is 26.4. The van der Waals surface area contributed by atoms with Crippen LogP contribution in [0.25, 0.3) is 0 Å². The average molecular weight is 293 g/mol. The highest BCUT2D eigenvalue weighted by molar-refractivity contribution is 7.89. The second-order valence-electron chi connectivity index (χ2n) is 4.63. The Morgan fingerprint density at radius 3 is 2.85 bits per heavy atom. The zero-order valence-electron chi connectivity index (χ0n) is 11.1. The Morgan fingerprint density at radius 1 is 1.40 bits per heavy atom. The Labute approximate surface area is 118 Å². The van der Waals surface area contributed by atoms with E-state index in [-0.39, 0.29) is 29.5 Å². The molecule has 1 N–H and O–H groups in total. The second-order valence-corrected chi connectivity index (χ2v) is 6.54. The van der Waals surface area contributed by atoms with Crippen molar-refractivity contribution in [3.63, 3.8) is 0 Å². The summed E-state index contributed by atoms with van der Waals surface area (Å²) in [4.78, 5) is 11.6. The second kappa shape index (κ2) is 5.61. The van der Waals surface area contributed by atoms with Crippen LogP contribution in [0.2, 0.25) is 0 Å². The predicted molar refractivity (Wildman–Crippen MR) is 72.3 cm³/mol. The van der Waals surface area contributed by atoms with Gasteiger partial charge in [-0.05, 0) is 31.0 Å². The Kier molecular flexibility index (Phi) is 4.06. The molecule has 20 heavy (non-hydrogen) atoms. The number of carbonyl (C=O) groups is 1. The molecule has 0 aliphatic carbocycles. The molecule has 1 fully saturated rings. The fraction of sp³-hybridized carbons (Fsp3) is 0.385. The van der Waals surface area contributed by atoms with Gasteiger partial charge in [-0.1, -0.05) is 6.07 Å². The van der Waals surface area contributed by atoms with Crippen LogP contribution in [0.3, 0.4) is 0 Å². The third-order valence-corrected chi connectivity index (χ3v) is 5.15. The van der Waals surface area contributed by atoms with Crippen LogP contribution in [0.15, 0.2) is 23.1 Å². The molecule has 1 saturated heterocycles.